The topological polar surface area (TPSA) is 114 Å². The Bertz CT molecular complexity index is 2060. The number of thiophene rings is 1. The largest absolute Gasteiger partial charge is 0.508 e. The SMILES string of the molecule is O=C1CCC(N2Cc3cc(CCCCOCCCOc4ccc(Oc5c(-c6ccc(Br)cc6)sc6cc(O)ccc56)cc4)ccc3C2=O)C(=O)N1. The highest BCUT2D eigenvalue weighted by atomic mass is 79.9. The number of phenolic OH excluding ortho intramolecular Hbond substituents is 1. The molecule has 11 heteroatoms. The van der Waals surface area contributed by atoms with Gasteiger partial charge in [-0.25, -0.2) is 0 Å². The van der Waals surface area contributed by atoms with Crippen molar-refractivity contribution in [1.29, 1.82) is 0 Å². The fourth-order valence-electron chi connectivity index (χ4n) is 6.45. The second-order valence-corrected chi connectivity index (χ2v) is 14.7. The van der Waals surface area contributed by atoms with E-state index in [0.717, 1.165) is 73.3 Å². The number of carbonyl (C=O) groups excluding carboxylic acids is 3. The summed E-state index contributed by atoms with van der Waals surface area (Å²) in [6.07, 6.45) is 4.14. The fourth-order valence-corrected chi connectivity index (χ4v) is 7.88. The lowest BCUT2D eigenvalue weighted by Gasteiger charge is -2.29. The minimum atomic E-state index is -0.595. The second-order valence-electron chi connectivity index (χ2n) is 12.7. The maximum absolute atomic E-state index is 12.9. The second kappa shape index (κ2) is 15.7. The molecular weight excluding hydrogens is 732 g/mol. The Labute approximate surface area is 308 Å². The monoisotopic (exact) mass is 768 g/mol. The van der Waals surface area contributed by atoms with Crippen LogP contribution in [-0.2, 0) is 27.3 Å². The van der Waals surface area contributed by atoms with Gasteiger partial charge in [0.1, 0.15) is 23.3 Å². The number of unbranched alkanes of at least 4 members (excludes halogenated alkanes) is 1. The van der Waals surface area contributed by atoms with Crippen molar-refractivity contribution in [2.24, 2.45) is 0 Å². The van der Waals surface area contributed by atoms with Gasteiger partial charge in [0, 0.05) is 52.7 Å². The molecule has 51 heavy (non-hydrogen) atoms. The number of benzene rings is 4. The van der Waals surface area contributed by atoms with E-state index >= 15 is 0 Å². The van der Waals surface area contributed by atoms with E-state index in [-0.39, 0.29) is 24.0 Å². The number of nitrogens with zero attached hydrogens (tertiary/aromatic N) is 1. The lowest BCUT2D eigenvalue weighted by molar-refractivity contribution is -0.136. The molecule has 1 unspecified atom stereocenters. The van der Waals surface area contributed by atoms with Crippen molar-refractivity contribution < 1.29 is 33.7 Å². The van der Waals surface area contributed by atoms with Crippen molar-refractivity contribution in [1.82, 2.24) is 10.2 Å². The Kier molecular flexibility index (Phi) is 10.7. The molecule has 1 saturated heterocycles. The summed E-state index contributed by atoms with van der Waals surface area (Å²) in [7, 11) is 0. The normalized spacial score (nSPS) is 15.7. The van der Waals surface area contributed by atoms with E-state index in [4.69, 9.17) is 14.2 Å². The van der Waals surface area contributed by atoms with E-state index in [1.54, 1.807) is 28.4 Å². The summed E-state index contributed by atoms with van der Waals surface area (Å²) in [5.41, 5.74) is 3.77. The van der Waals surface area contributed by atoms with Crippen LogP contribution in [0.2, 0.25) is 0 Å². The standard InChI is InChI=1S/C40H37BrN2O7S/c41-28-8-6-26(7-9-28)38-37(33-16-10-29(44)23-35(33)51-38)50-31-13-11-30(12-14-31)49-21-3-20-48-19-2-1-4-25-5-15-32-27(22-25)24-43(40(32)47)34-17-18-36(45)42-39(34)46/h5-16,22-23,34,44H,1-4,17-21,24H2,(H,42,45,46). The molecule has 1 fully saturated rings. The van der Waals surface area contributed by atoms with Crippen molar-refractivity contribution in [3.8, 4) is 33.4 Å². The van der Waals surface area contributed by atoms with Gasteiger partial charge in [-0.2, -0.15) is 0 Å². The first-order valence-corrected chi connectivity index (χ1v) is 18.7. The maximum atomic E-state index is 12.9. The third-order valence-corrected chi connectivity index (χ3v) is 10.8. The molecule has 2 aliphatic heterocycles. The lowest BCUT2D eigenvalue weighted by Crippen LogP contribution is -2.52. The number of aromatic hydroxyl groups is 1. The van der Waals surface area contributed by atoms with E-state index in [0.29, 0.717) is 44.1 Å². The van der Waals surface area contributed by atoms with Crippen LogP contribution in [0.4, 0.5) is 0 Å². The summed E-state index contributed by atoms with van der Waals surface area (Å²) in [6, 6.07) is 26.3. The van der Waals surface area contributed by atoms with Gasteiger partial charge in [-0.15, -0.1) is 11.3 Å². The number of halogens is 1. The molecule has 4 aromatic carbocycles. The van der Waals surface area contributed by atoms with Crippen LogP contribution in [0, 0.1) is 0 Å². The van der Waals surface area contributed by atoms with Gasteiger partial charge in [0.05, 0.1) is 11.5 Å². The molecule has 1 atom stereocenters. The zero-order valence-electron chi connectivity index (χ0n) is 27.9. The van der Waals surface area contributed by atoms with E-state index in [2.05, 4.69) is 27.3 Å². The predicted octanol–water partition coefficient (Wildman–Crippen LogP) is 8.40. The van der Waals surface area contributed by atoms with Gasteiger partial charge in [0.2, 0.25) is 11.8 Å². The fraction of sp³-hybridized carbons (Fsp3) is 0.275. The molecule has 0 aliphatic carbocycles. The van der Waals surface area contributed by atoms with Crippen LogP contribution in [0.25, 0.3) is 20.5 Å². The van der Waals surface area contributed by atoms with Crippen LogP contribution in [0.5, 0.6) is 23.0 Å². The number of ether oxygens (including phenoxy) is 3. The third kappa shape index (κ3) is 8.11. The Hall–Kier alpha value is -4.71. The average molecular weight is 770 g/mol. The highest BCUT2D eigenvalue weighted by molar-refractivity contribution is 9.10. The molecule has 0 spiro atoms. The number of hydrogen-bond donors (Lipinski definition) is 2. The molecule has 3 amide bonds. The number of amides is 3. The van der Waals surface area contributed by atoms with Gasteiger partial charge >= 0.3 is 0 Å². The first kappa shape index (κ1) is 34.7. The van der Waals surface area contributed by atoms with Gasteiger partial charge in [-0.05, 0) is 103 Å². The van der Waals surface area contributed by atoms with E-state index in [9.17, 15) is 19.5 Å². The summed E-state index contributed by atoms with van der Waals surface area (Å²) >= 11 is 5.09. The number of phenols is 1. The van der Waals surface area contributed by atoms with Crippen molar-refractivity contribution in [3.05, 3.63) is 106 Å². The van der Waals surface area contributed by atoms with Gasteiger partial charge in [0.25, 0.3) is 5.91 Å². The number of rotatable bonds is 14. The van der Waals surface area contributed by atoms with Crippen molar-refractivity contribution in [3.63, 3.8) is 0 Å². The molecule has 7 rings (SSSR count). The zero-order valence-corrected chi connectivity index (χ0v) is 30.3. The molecule has 1 aromatic heterocycles. The first-order valence-electron chi connectivity index (χ1n) is 17.1. The van der Waals surface area contributed by atoms with Crippen LogP contribution in [-0.4, -0.2) is 53.6 Å². The number of hydrogen-bond acceptors (Lipinski definition) is 8. The summed E-state index contributed by atoms with van der Waals surface area (Å²) in [4.78, 5) is 39.3. The summed E-state index contributed by atoms with van der Waals surface area (Å²) in [5.74, 6) is 1.61. The molecule has 0 saturated carbocycles. The molecule has 2 N–H and O–H groups in total. The zero-order chi connectivity index (χ0) is 35.3. The molecule has 2 aliphatic rings. The molecule has 0 bridgehead atoms. The minimum absolute atomic E-state index is 0.146. The number of fused-ring (bicyclic) bond motifs is 2. The number of piperidine rings is 1. The first-order chi connectivity index (χ1) is 24.8. The summed E-state index contributed by atoms with van der Waals surface area (Å²) in [6.45, 7) is 2.21. The van der Waals surface area contributed by atoms with Gasteiger partial charge in [-0.3, -0.25) is 19.7 Å². The molecule has 9 nitrogen and oxygen atoms in total. The van der Waals surface area contributed by atoms with Gasteiger partial charge < -0.3 is 24.2 Å². The van der Waals surface area contributed by atoms with Crippen molar-refractivity contribution >= 4 is 55.1 Å². The van der Waals surface area contributed by atoms with Crippen LogP contribution in [0.15, 0.2) is 89.4 Å². The smallest absolute Gasteiger partial charge is 0.255 e. The number of nitrogens with one attached hydrogen (secondary N) is 1. The molecular formula is C40H37BrN2O7S. The molecule has 262 valence electrons. The Morgan fingerprint density at radius 2 is 1.65 bits per heavy atom. The molecule has 0 radical (unpaired) electrons. The van der Waals surface area contributed by atoms with Crippen LogP contribution >= 0.6 is 27.3 Å². The predicted molar refractivity (Wildman–Crippen MR) is 199 cm³/mol. The summed E-state index contributed by atoms with van der Waals surface area (Å²) in [5, 5.41) is 13.3. The number of imide groups is 1. The van der Waals surface area contributed by atoms with Crippen molar-refractivity contribution in [2.75, 3.05) is 19.8 Å². The number of aryl methyl sites for hydroxylation is 1. The number of carbonyl (C=O) groups is 3. The van der Waals surface area contributed by atoms with Crippen molar-refractivity contribution in [2.45, 2.75) is 51.1 Å². The molecule has 3 heterocycles. The van der Waals surface area contributed by atoms with Crippen LogP contribution < -0.4 is 14.8 Å². The lowest BCUT2D eigenvalue weighted by atomic mass is 10.0. The van der Waals surface area contributed by atoms with Gasteiger partial charge in [0.15, 0.2) is 5.75 Å². The van der Waals surface area contributed by atoms with Gasteiger partial charge in [-0.1, -0.05) is 40.2 Å². The Balaban J connectivity index is 0.817. The maximum Gasteiger partial charge on any atom is 0.255 e. The quantitative estimate of drug-likeness (QED) is 0.0862. The third-order valence-electron chi connectivity index (χ3n) is 9.07. The highest BCUT2D eigenvalue weighted by Gasteiger charge is 2.39. The Morgan fingerprint density at radius 1 is 0.863 bits per heavy atom. The van der Waals surface area contributed by atoms with E-state index in [1.807, 2.05) is 66.7 Å². The minimum Gasteiger partial charge on any atom is -0.508 e. The van der Waals surface area contributed by atoms with E-state index < -0.39 is 11.9 Å². The van der Waals surface area contributed by atoms with Crippen LogP contribution in [0.3, 0.4) is 0 Å². The highest BCUT2D eigenvalue weighted by Crippen LogP contribution is 2.47. The molecule has 5 aromatic rings. The average Bonchev–Trinajstić information content (AvgIpc) is 3.64. The van der Waals surface area contributed by atoms with E-state index in [1.165, 1.54) is 0 Å². The summed E-state index contributed by atoms with van der Waals surface area (Å²) < 4.78 is 20.2. The van der Waals surface area contributed by atoms with Crippen LogP contribution in [0.1, 0.15) is 53.6 Å². The Morgan fingerprint density at radius 3 is 2.45 bits per heavy atom.